The zero-order chi connectivity index (χ0) is 20.9. The first kappa shape index (κ1) is 21.1. The van der Waals surface area contributed by atoms with E-state index in [0.29, 0.717) is 23.4 Å². The van der Waals surface area contributed by atoms with Crippen molar-refractivity contribution in [2.24, 2.45) is 0 Å². The predicted octanol–water partition coefficient (Wildman–Crippen LogP) is 5.03. The number of benzene rings is 2. The Morgan fingerprint density at radius 3 is 2.62 bits per heavy atom. The molecule has 0 spiro atoms. The topological polar surface area (TPSA) is 56.2 Å². The number of aromatic nitrogens is 2. The molecule has 0 aliphatic rings. The standard InChI is InChI=1S/C20H17BrF3N3O2/c21-17-6-4-14(5-7-17)10-27-11-18(9-25-27)26-19(28)16-3-1-2-15(8-16)12-29-13-20(22,23)24/h1-9,11H,10,12-13H2,(H,26,28). The number of carbonyl (C=O) groups is 1. The highest BCUT2D eigenvalue weighted by Gasteiger charge is 2.27. The molecule has 0 atom stereocenters. The molecule has 9 heteroatoms. The van der Waals surface area contributed by atoms with Crippen LogP contribution in [0.3, 0.4) is 0 Å². The molecule has 3 rings (SSSR count). The Hall–Kier alpha value is -2.65. The molecule has 29 heavy (non-hydrogen) atoms. The summed E-state index contributed by atoms with van der Waals surface area (Å²) in [7, 11) is 0. The van der Waals surface area contributed by atoms with Crippen molar-refractivity contribution in [3.8, 4) is 0 Å². The summed E-state index contributed by atoms with van der Waals surface area (Å²) in [6.07, 6.45) is -1.14. The van der Waals surface area contributed by atoms with Gasteiger partial charge in [0, 0.05) is 16.2 Å². The molecule has 0 fully saturated rings. The molecule has 0 radical (unpaired) electrons. The number of nitrogens with zero attached hydrogens (tertiary/aromatic N) is 2. The lowest BCUT2D eigenvalue weighted by Crippen LogP contribution is -2.17. The number of alkyl halides is 3. The van der Waals surface area contributed by atoms with Crippen LogP contribution >= 0.6 is 15.9 Å². The van der Waals surface area contributed by atoms with E-state index in [1.54, 1.807) is 29.1 Å². The van der Waals surface area contributed by atoms with Crippen LogP contribution in [0.1, 0.15) is 21.5 Å². The summed E-state index contributed by atoms with van der Waals surface area (Å²) in [5.74, 6) is -0.383. The molecular weight excluding hydrogens is 451 g/mol. The van der Waals surface area contributed by atoms with E-state index in [1.807, 2.05) is 24.3 Å². The van der Waals surface area contributed by atoms with Crippen LogP contribution in [-0.4, -0.2) is 28.5 Å². The van der Waals surface area contributed by atoms with Gasteiger partial charge >= 0.3 is 6.18 Å². The van der Waals surface area contributed by atoms with Crippen LogP contribution in [0.25, 0.3) is 0 Å². The number of nitrogens with one attached hydrogen (secondary N) is 1. The third kappa shape index (κ3) is 6.72. The van der Waals surface area contributed by atoms with Gasteiger partial charge in [0.15, 0.2) is 0 Å². The minimum absolute atomic E-state index is 0.230. The fourth-order valence-corrected chi connectivity index (χ4v) is 2.85. The van der Waals surface area contributed by atoms with Crippen molar-refractivity contribution in [1.29, 1.82) is 0 Å². The van der Waals surface area contributed by atoms with Crippen molar-refractivity contribution < 1.29 is 22.7 Å². The molecule has 0 saturated carbocycles. The Labute approximate surface area is 173 Å². The van der Waals surface area contributed by atoms with Crippen molar-refractivity contribution in [3.05, 3.63) is 82.1 Å². The average Bonchev–Trinajstić information content (AvgIpc) is 3.09. The van der Waals surface area contributed by atoms with E-state index in [9.17, 15) is 18.0 Å². The molecule has 1 heterocycles. The maximum Gasteiger partial charge on any atom is 0.411 e. The van der Waals surface area contributed by atoms with Crippen molar-refractivity contribution in [2.45, 2.75) is 19.3 Å². The predicted molar refractivity (Wildman–Crippen MR) is 106 cm³/mol. The lowest BCUT2D eigenvalue weighted by atomic mass is 10.1. The number of ether oxygens (including phenoxy) is 1. The van der Waals surface area contributed by atoms with Gasteiger partial charge in [0.1, 0.15) is 6.61 Å². The molecule has 5 nitrogen and oxygen atoms in total. The quantitative estimate of drug-likeness (QED) is 0.530. The van der Waals surface area contributed by atoms with E-state index in [0.717, 1.165) is 10.0 Å². The summed E-state index contributed by atoms with van der Waals surface area (Å²) in [4.78, 5) is 12.4. The molecular formula is C20H17BrF3N3O2. The monoisotopic (exact) mass is 467 g/mol. The second-order valence-corrected chi connectivity index (χ2v) is 7.23. The van der Waals surface area contributed by atoms with Crippen LogP contribution in [0.4, 0.5) is 18.9 Å². The van der Waals surface area contributed by atoms with Gasteiger partial charge < -0.3 is 10.1 Å². The van der Waals surface area contributed by atoms with Crippen LogP contribution in [0.2, 0.25) is 0 Å². The van der Waals surface area contributed by atoms with Gasteiger partial charge in [-0.1, -0.05) is 40.2 Å². The number of anilines is 1. The van der Waals surface area contributed by atoms with Gasteiger partial charge in [0.2, 0.25) is 0 Å². The second kappa shape index (κ2) is 9.23. The third-order valence-corrected chi connectivity index (χ3v) is 4.40. The van der Waals surface area contributed by atoms with Crippen LogP contribution in [0.15, 0.2) is 65.4 Å². The molecule has 1 N–H and O–H groups in total. The minimum atomic E-state index is -4.38. The summed E-state index contributed by atoms with van der Waals surface area (Å²) in [5, 5.41) is 6.96. The maximum absolute atomic E-state index is 12.4. The third-order valence-electron chi connectivity index (χ3n) is 3.87. The van der Waals surface area contributed by atoms with Crippen molar-refractivity contribution in [2.75, 3.05) is 11.9 Å². The number of rotatable bonds is 7. The Morgan fingerprint density at radius 1 is 1.14 bits per heavy atom. The van der Waals surface area contributed by atoms with E-state index >= 15 is 0 Å². The molecule has 0 aliphatic carbocycles. The summed E-state index contributed by atoms with van der Waals surface area (Å²) in [5.41, 5.74) is 2.37. The average molecular weight is 468 g/mol. The molecule has 1 aromatic heterocycles. The summed E-state index contributed by atoms with van der Waals surface area (Å²) in [6, 6.07) is 14.1. The Balaban J connectivity index is 1.58. The number of carbonyl (C=O) groups excluding carboxylic acids is 1. The van der Waals surface area contributed by atoms with Gasteiger partial charge in [-0.05, 0) is 35.4 Å². The molecule has 2 aromatic carbocycles. The Morgan fingerprint density at radius 2 is 1.90 bits per heavy atom. The van der Waals surface area contributed by atoms with Crippen LogP contribution in [0, 0.1) is 0 Å². The number of hydrogen-bond acceptors (Lipinski definition) is 3. The van der Waals surface area contributed by atoms with Crippen LogP contribution in [0.5, 0.6) is 0 Å². The normalized spacial score (nSPS) is 11.4. The Bertz CT molecular complexity index is 972. The fourth-order valence-electron chi connectivity index (χ4n) is 2.58. The SMILES string of the molecule is O=C(Nc1cnn(Cc2ccc(Br)cc2)c1)c1cccc(COCC(F)(F)F)c1. The number of hydrogen-bond donors (Lipinski definition) is 1. The van der Waals surface area contributed by atoms with Gasteiger partial charge in [0.25, 0.3) is 5.91 Å². The molecule has 3 aromatic rings. The summed E-state index contributed by atoms with van der Waals surface area (Å²) < 4.78 is 43.8. The first-order chi connectivity index (χ1) is 13.8. The molecule has 0 unspecified atom stereocenters. The summed E-state index contributed by atoms with van der Waals surface area (Å²) in [6.45, 7) is -1.01. The van der Waals surface area contributed by atoms with E-state index < -0.39 is 12.8 Å². The zero-order valence-corrected chi connectivity index (χ0v) is 16.7. The summed E-state index contributed by atoms with van der Waals surface area (Å²) >= 11 is 3.38. The van der Waals surface area contributed by atoms with Gasteiger partial charge in [0.05, 0.1) is 25.0 Å². The molecule has 152 valence electrons. The van der Waals surface area contributed by atoms with Gasteiger partial charge in [-0.25, -0.2) is 0 Å². The van der Waals surface area contributed by atoms with Gasteiger partial charge in [-0.2, -0.15) is 18.3 Å². The highest BCUT2D eigenvalue weighted by Crippen LogP contribution is 2.17. The lowest BCUT2D eigenvalue weighted by Gasteiger charge is -2.09. The molecule has 0 bridgehead atoms. The molecule has 1 amide bonds. The highest BCUT2D eigenvalue weighted by atomic mass is 79.9. The lowest BCUT2D eigenvalue weighted by molar-refractivity contribution is -0.176. The fraction of sp³-hybridized carbons (Fsp3) is 0.200. The smallest absolute Gasteiger partial charge is 0.367 e. The first-order valence-corrected chi connectivity index (χ1v) is 9.39. The van der Waals surface area contributed by atoms with Crippen molar-refractivity contribution in [1.82, 2.24) is 9.78 Å². The molecule has 0 saturated heterocycles. The van der Waals surface area contributed by atoms with Crippen LogP contribution < -0.4 is 5.32 Å². The maximum atomic E-state index is 12.4. The Kier molecular flexibility index (Phi) is 6.71. The van der Waals surface area contributed by atoms with E-state index in [1.165, 1.54) is 12.3 Å². The number of amides is 1. The molecule has 0 aliphatic heterocycles. The van der Waals surface area contributed by atoms with Gasteiger partial charge in [-0.15, -0.1) is 0 Å². The second-order valence-electron chi connectivity index (χ2n) is 6.32. The van der Waals surface area contributed by atoms with E-state index in [4.69, 9.17) is 0 Å². The largest absolute Gasteiger partial charge is 0.411 e. The van der Waals surface area contributed by atoms with Gasteiger partial charge in [-0.3, -0.25) is 9.48 Å². The highest BCUT2D eigenvalue weighted by molar-refractivity contribution is 9.10. The van der Waals surface area contributed by atoms with E-state index in [2.05, 4.69) is 31.1 Å². The first-order valence-electron chi connectivity index (χ1n) is 8.60. The van der Waals surface area contributed by atoms with Crippen molar-refractivity contribution >= 4 is 27.5 Å². The minimum Gasteiger partial charge on any atom is -0.367 e. The van der Waals surface area contributed by atoms with Crippen LogP contribution in [-0.2, 0) is 17.9 Å². The zero-order valence-electron chi connectivity index (χ0n) is 15.1. The van der Waals surface area contributed by atoms with E-state index in [-0.39, 0.29) is 12.5 Å². The number of halogens is 4. The van der Waals surface area contributed by atoms with Crippen molar-refractivity contribution in [3.63, 3.8) is 0 Å².